The summed E-state index contributed by atoms with van der Waals surface area (Å²) in [5, 5.41) is 0.721. The van der Waals surface area contributed by atoms with Gasteiger partial charge in [-0.15, -0.1) is 0 Å². The summed E-state index contributed by atoms with van der Waals surface area (Å²) >= 11 is 12.5. The highest BCUT2D eigenvalue weighted by Crippen LogP contribution is 2.27. The maximum absolute atomic E-state index is 6.27. The molecule has 4 heterocycles. The van der Waals surface area contributed by atoms with Gasteiger partial charge in [-0.1, -0.05) is 96.0 Å². The molecule has 42 heavy (non-hydrogen) atoms. The first-order valence-corrected chi connectivity index (χ1v) is 13.8. The lowest BCUT2D eigenvalue weighted by atomic mass is 10.1. The maximum atomic E-state index is 6.27. The second kappa shape index (κ2) is 13.6. The molecule has 6 aromatic rings. The number of rotatable bonds is 6. The Hall–Kier alpha value is -4.92. The summed E-state index contributed by atoms with van der Waals surface area (Å²) in [6, 6.07) is 30.9. The molecule has 0 radical (unpaired) electrons. The van der Waals surface area contributed by atoms with Gasteiger partial charge in [-0.2, -0.15) is 0 Å². The van der Waals surface area contributed by atoms with Crippen molar-refractivity contribution in [2.45, 2.75) is 12.8 Å². The van der Waals surface area contributed by atoms with E-state index >= 15 is 0 Å². The lowest BCUT2D eigenvalue weighted by Gasteiger charge is -2.10. The fourth-order valence-electron chi connectivity index (χ4n) is 4.10. The summed E-state index contributed by atoms with van der Waals surface area (Å²) in [4.78, 5) is 25.7. The van der Waals surface area contributed by atoms with E-state index in [1.54, 1.807) is 12.4 Å². The molecule has 4 aromatic heterocycles. The molecule has 10 heteroatoms. The Morgan fingerprint density at radius 1 is 0.476 bits per heavy atom. The Balaban J connectivity index is 0.000000168. The lowest BCUT2D eigenvalue weighted by molar-refractivity contribution is 1.07. The van der Waals surface area contributed by atoms with Gasteiger partial charge in [-0.25, -0.2) is 19.9 Å². The van der Waals surface area contributed by atoms with Crippen LogP contribution in [0.2, 0.25) is 10.3 Å². The van der Waals surface area contributed by atoms with Crippen molar-refractivity contribution in [3.8, 4) is 23.0 Å². The van der Waals surface area contributed by atoms with Gasteiger partial charge in [0.15, 0.2) is 11.6 Å². The van der Waals surface area contributed by atoms with Crippen LogP contribution in [0.15, 0.2) is 109 Å². The summed E-state index contributed by atoms with van der Waals surface area (Å²) < 4.78 is 0. The number of nitrogen functional groups attached to an aromatic ring is 2. The molecule has 0 bridgehead atoms. The van der Waals surface area contributed by atoms with E-state index in [4.69, 9.17) is 34.7 Å². The molecule has 0 saturated carbocycles. The van der Waals surface area contributed by atoms with E-state index in [-0.39, 0.29) is 0 Å². The highest BCUT2D eigenvalue weighted by atomic mass is 35.5. The van der Waals surface area contributed by atoms with Gasteiger partial charge in [0.25, 0.3) is 0 Å². The minimum Gasteiger partial charge on any atom is -0.383 e. The van der Waals surface area contributed by atoms with E-state index in [0.29, 0.717) is 57.8 Å². The fourth-order valence-corrected chi connectivity index (χ4v) is 4.62. The monoisotopic (exact) mass is 592 g/mol. The summed E-state index contributed by atoms with van der Waals surface area (Å²) in [5.74, 6) is 1.67. The molecule has 0 aliphatic rings. The Kier molecular flexibility index (Phi) is 9.28. The third-order valence-electron chi connectivity index (χ3n) is 6.21. The molecule has 0 saturated heterocycles. The van der Waals surface area contributed by atoms with E-state index < -0.39 is 0 Å². The van der Waals surface area contributed by atoms with E-state index in [1.807, 2.05) is 97.1 Å². The first kappa shape index (κ1) is 28.6. The third kappa shape index (κ3) is 7.23. The van der Waals surface area contributed by atoms with Gasteiger partial charge in [-0.3, -0.25) is 9.97 Å². The highest BCUT2D eigenvalue weighted by Gasteiger charge is 2.14. The van der Waals surface area contributed by atoms with E-state index in [2.05, 4.69) is 29.9 Å². The third-order valence-corrected chi connectivity index (χ3v) is 6.84. The van der Waals surface area contributed by atoms with Gasteiger partial charge in [0.05, 0.1) is 0 Å². The summed E-state index contributed by atoms with van der Waals surface area (Å²) in [5.41, 5.74) is 17.1. The first-order valence-electron chi connectivity index (χ1n) is 13.0. The zero-order chi connectivity index (χ0) is 29.3. The molecule has 4 N–H and O–H groups in total. The molecule has 2 aromatic carbocycles. The minimum atomic E-state index is 0.361. The normalized spacial score (nSPS) is 10.5. The van der Waals surface area contributed by atoms with Crippen LogP contribution in [0.4, 0.5) is 11.6 Å². The molecule has 0 amide bonds. The average molecular weight is 594 g/mol. The summed E-state index contributed by atoms with van der Waals surface area (Å²) in [6.07, 6.45) is 4.57. The molecule has 208 valence electrons. The quantitative estimate of drug-likeness (QED) is 0.203. The van der Waals surface area contributed by atoms with E-state index in [1.165, 1.54) is 0 Å². The smallest absolute Gasteiger partial charge is 0.182 e. The second-order valence-corrected chi connectivity index (χ2v) is 9.87. The number of hydrogen-bond donors (Lipinski definition) is 2. The topological polar surface area (TPSA) is 129 Å². The van der Waals surface area contributed by atoms with Crippen molar-refractivity contribution >= 4 is 34.8 Å². The molecule has 0 atom stereocenters. The van der Waals surface area contributed by atoms with Gasteiger partial charge < -0.3 is 11.5 Å². The fraction of sp³-hybridized carbons (Fsp3) is 0.0625. The van der Waals surface area contributed by atoms with Crippen molar-refractivity contribution in [3.63, 3.8) is 0 Å². The minimum absolute atomic E-state index is 0.361. The van der Waals surface area contributed by atoms with Crippen LogP contribution in [0.1, 0.15) is 22.3 Å². The van der Waals surface area contributed by atoms with Crippen LogP contribution >= 0.6 is 23.2 Å². The molecule has 0 unspecified atom stereocenters. The van der Waals surface area contributed by atoms with Crippen LogP contribution in [-0.4, -0.2) is 29.9 Å². The van der Waals surface area contributed by atoms with Gasteiger partial charge in [-0.05, 0) is 35.4 Å². The summed E-state index contributed by atoms with van der Waals surface area (Å²) in [7, 11) is 0. The predicted molar refractivity (Wildman–Crippen MR) is 168 cm³/mol. The van der Waals surface area contributed by atoms with Gasteiger partial charge in [0.1, 0.15) is 33.3 Å². The van der Waals surface area contributed by atoms with Crippen molar-refractivity contribution in [1.29, 1.82) is 0 Å². The summed E-state index contributed by atoms with van der Waals surface area (Å²) in [6.45, 7) is 0. The first-order chi connectivity index (χ1) is 20.5. The number of hydrogen-bond acceptors (Lipinski definition) is 8. The number of nitrogens with two attached hydrogens (primary N) is 2. The lowest BCUT2D eigenvalue weighted by Crippen LogP contribution is -2.08. The molecule has 0 aliphatic heterocycles. The number of anilines is 2. The Morgan fingerprint density at radius 2 is 0.881 bits per heavy atom. The van der Waals surface area contributed by atoms with Crippen molar-refractivity contribution in [3.05, 3.63) is 142 Å². The maximum Gasteiger partial charge on any atom is 0.182 e. The largest absolute Gasteiger partial charge is 0.383 e. The van der Waals surface area contributed by atoms with E-state index in [9.17, 15) is 0 Å². The number of halogens is 2. The molecule has 6 rings (SSSR count). The number of benzene rings is 2. The number of nitrogens with zero attached hydrogens (tertiary/aromatic N) is 6. The van der Waals surface area contributed by atoms with Crippen LogP contribution in [0.3, 0.4) is 0 Å². The standard InChI is InChI=1S/C16H11Cl2N3.C16H15N5/c2*17-14-12(10-11-6-2-1-3-7-11)15(18)21-16(20-14)13-8-4-5-9-19-13/h1-9H,10H2;1-9H,10H2,(H4,17,18,20,21). The van der Waals surface area contributed by atoms with Crippen molar-refractivity contribution in [1.82, 2.24) is 29.9 Å². The van der Waals surface area contributed by atoms with Gasteiger partial charge in [0, 0.05) is 36.4 Å². The zero-order valence-electron chi connectivity index (χ0n) is 22.4. The van der Waals surface area contributed by atoms with Crippen molar-refractivity contribution < 1.29 is 0 Å². The SMILES string of the molecule is Clc1nc(-c2ccccn2)nc(Cl)c1Cc1ccccc1.Nc1nc(-c2ccccn2)nc(N)c1Cc1ccccc1. The molecule has 0 fully saturated rings. The average Bonchev–Trinajstić information content (AvgIpc) is 3.03. The number of pyridine rings is 2. The molecule has 8 nitrogen and oxygen atoms in total. The van der Waals surface area contributed by atoms with Crippen molar-refractivity contribution in [2.24, 2.45) is 0 Å². The number of aromatic nitrogens is 6. The van der Waals surface area contributed by atoms with E-state index in [0.717, 1.165) is 22.3 Å². The van der Waals surface area contributed by atoms with Gasteiger partial charge in [0.2, 0.25) is 0 Å². The van der Waals surface area contributed by atoms with Crippen LogP contribution in [0.5, 0.6) is 0 Å². The Morgan fingerprint density at radius 3 is 1.31 bits per heavy atom. The van der Waals surface area contributed by atoms with Crippen molar-refractivity contribution in [2.75, 3.05) is 11.5 Å². The van der Waals surface area contributed by atoms with Crippen LogP contribution < -0.4 is 11.5 Å². The predicted octanol–water partition coefficient (Wildman–Crippen LogP) is 6.73. The van der Waals surface area contributed by atoms with Crippen LogP contribution in [0, 0.1) is 0 Å². The molecule has 0 aliphatic carbocycles. The second-order valence-electron chi connectivity index (χ2n) is 9.16. The Bertz CT molecular complexity index is 1580. The zero-order valence-corrected chi connectivity index (χ0v) is 23.9. The Labute approximate surface area is 253 Å². The molecule has 0 spiro atoms. The van der Waals surface area contributed by atoms with Gasteiger partial charge >= 0.3 is 0 Å². The van der Waals surface area contributed by atoms with Crippen LogP contribution in [-0.2, 0) is 12.8 Å². The highest BCUT2D eigenvalue weighted by molar-refractivity contribution is 6.34. The molecular formula is C32H26Cl2N8. The van der Waals surface area contributed by atoms with Crippen LogP contribution in [0.25, 0.3) is 23.0 Å². The molecular weight excluding hydrogens is 567 g/mol.